The summed E-state index contributed by atoms with van der Waals surface area (Å²) in [6.45, 7) is 3.75. The lowest BCUT2D eigenvalue weighted by atomic mass is 9.87. The van der Waals surface area contributed by atoms with E-state index in [1.807, 2.05) is 30.3 Å². The number of aliphatic hydroxyl groups is 1. The van der Waals surface area contributed by atoms with E-state index in [2.05, 4.69) is 5.32 Å². The molecule has 0 aliphatic heterocycles. The zero-order valence-corrected chi connectivity index (χ0v) is 17.0. The molecule has 6 heteroatoms. The first kappa shape index (κ1) is 20.6. The molecule has 2 N–H and O–H groups in total. The second kappa shape index (κ2) is 8.95. The van der Waals surface area contributed by atoms with Gasteiger partial charge in [0.2, 0.25) is 0 Å². The van der Waals surface area contributed by atoms with Crippen LogP contribution >= 0.6 is 11.6 Å². The van der Waals surface area contributed by atoms with Gasteiger partial charge in [-0.05, 0) is 74.1 Å². The Bertz CT molecular complexity index is 837. The number of esters is 1. The van der Waals surface area contributed by atoms with Crippen molar-refractivity contribution < 1.29 is 19.4 Å². The van der Waals surface area contributed by atoms with Gasteiger partial charge in [-0.15, -0.1) is 0 Å². The van der Waals surface area contributed by atoms with Crippen molar-refractivity contribution in [2.75, 3.05) is 13.2 Å². The maximum Gasteiger partial charge on any atom is 0.344 e. The maximum atomic E-state index is 11.5. The van der Waals surface area contributed by atoms with Crippen molar-refractivity contribution in [1.29, 1.82) is 0 Å². The largest absolute Gasteiger partial charge is 0.482 e. The molecule has 150 valence electrons. The highest BCUT2D eigenvalue weighted by Gasteiger charge is 2.29. The van der Waals surface area contributed by atoms with E-state index < -0.39 is 5.72 Å². The van der Waals surface area contributed by atoms with Crippen LogP contribution in [-0.2, 0) is 28.1 Å². The number of ether oxygens (including phenoxy) is 2. The average Bonchev–Trinajstić information content (AvgIpc) is 2.66. The highest BCUT2D eigenvalue weighted by atomic mass is 35.5. The van der Waals surface area contributed by atoms with E-state index in [0.717, 1.165) is 30.4 Å². The SMILES string of the molecule is CCOC(=O)COc1ccc2c(c1)C[C@@H](N[C@](C)(O)c1cccc(Cl)c1)CC2. The second-order valence-corrected chi connectivity index (χ2v) is 7.63. The molecule has 1 aliphatic rings. The van der Waals surface area contributed by atoms with E-state index in [1.54, 1.807) is 26.0 Å². The molecule has 0 fully saturated rings. The summed E-state index contributed by atoms with van der Waals surface area (Å²) in [7, 11) is 0. The van der Waals surface area contributed by atoms with Gasteiger partial charge in [-0.1, -0.05) is 29.8 Å². The van der Waals surface area contributed by atoms with Crippen molar-refractivity contribution in [2.45, 2.75) is 44.9 Å². The van der Waals surface area contributed by atoms with Crippen molar-refractivity contribution in [3.8, 4) is 5.75 Å². The maximum absolute atomic E-state index is 11.5. The van der Waals surface area contributed by atoms with Crippen LogP contribution in [0.25, 0.3) is 0 Å². The molecule has 0 unspecified atom stereocenters. The minimum atomic E-state index is -1.18. The first-order valence-corrected chi connectivity index (χ1v) is 9.91. The predicted octanol–water partition coefficient (Wildman–Crippen LogP) is 3.59. The Balaban J connectivity index is 1.66. The number of halogens is 1. The van der Waals surface area contributed by atoms with Crippen LogP contribution in [-0.4, -0.2) is 30.3 Å². The molecule has 2 aromatic rings. The summed E-state index contributed by atoms with van der Waals surface area (Å²) in [6, 6.07) is 13.3. The minimum absolute atomic E-state index is 0.0994. The molecule has 0 saturated heterocycles. The van der Waals surface area contributed by atoms with E-state index in [1.165, 1.54) is 5.56 Å². The number of carbonyl (C=O) groups is 1. The molecule has 0 bridgehead atoms. The number of hydrogen-bond acceptors (Lipinski definition) is 5. The molecule has 0 saturated carbocycles. The average molecular weight is 404 g/mol. The van der Waals surface area contributed by atoms with Crippen molar-refractivity contribution in [1.82, 2.24) is 5.32 Å². The third-order valence-corrected chi connectivity index (χ3v) is 5.18. The molecule has 0 aromatic heterocycles. The fraction of sp³-hybridized carbons (Fsp3) is 0.409. The number of rotatable bonds is 7. The van der Waals surface area contributed by atoms with Crippen molar-refractivity contribution in [3.63, 3.8) is 0 Å². The fourth-order valence-electron chi connectivity index (χ4n) is 3.56. The van der Waals surface area contributed by atoms with E-state index >= 15 is 0 Å². The molecule has 0 amide bonds. The van der Waals surface area contributed by atoms with E-state index in [4.69, 9.17) is 21.1 Å². The molecule has 28 heavy (non-hydrogen) atoms. The van der Waals surface area contributed by atoms with Gasteiger partial charge < -0.3 is 14.6 Å². The topological polar surface area (TPSA) is 67.8 Å². The molecular formula is C22H26ClNO4. The lowest BCUT2D eigenvalue weighted by Crippen LogP contribution is -2.48. The number of fused-ring (bicyclic) bond motifs is 1. The molecule has 0 heterocycles. The molecule has 0 spiro atoms. The Morgan fingerprint density at radius 3 is 2.86 bits per heavy atom. The highest BCUT2D eigenvalue weighted by molar-refractivity contribution is 6.30. The zero-order chi connectivity index (χ0) is 20.1. The number of nitrogens with one attached hydrogen (secondary N) is 1. The molecule has 1 aliphatic carbocycles. The van der Waals surface area contributed by atoms with Gasteiger partial charge in [0.1, 0.15) is 11.5 Å². The van der Waals surface area contributed by atoms with Crippen molar-refractivity contribution in [3.05, 3.63) is 64.2 Å². The third kappa shape index (κ3) is 5.25. The van der Waals surface area contributed by atoms with E-state index in [0.29, 0.717) is 17.4 Å². The van der Waals surface area contributed by atoms with Gasteiger partial charge in [0, 0.05) is 11.1 Å². The van der Waals surface area contributed by atoms with Crippen molar-refractivity contribution in [2.24, 2.45) is 0 Å². The fourth-order valence-corrected chi connectivity index (χ4v) is 3.75. The first-order chi connectivity index (χ1) is 13.4. The number of hydrogen-bond donors (Lipinski definition) is 2. The summed E-state index contributed by atoms with van der Waals surface area (Å²) in [4.78, 5) is 11.5. The van der Waals surface area contributed by atoms with Gasteiger partial charge in [0.15, 0.2) is 6.61 Å². The highest BCUT2D eigenvalue weighted by Crippen LogP contribution is 2.28. The van der Waals surface area contributed by atoms with Gasteiger partial charge in [-0.3, -0.25) is 5.32 Å². The van der Waals surface area contributed by atoms with Crippen LogP contribution in [0, 0.1) is 0 Å². The van der Waals surface area contributed by atoms with Crippen LogP contribution in [0.5, 0.6) is 5.75 Å². The number of aryl methyl sites for hydroxylation is 1. The standard InChI is InChI=1S/C22H26ClNO4/c1-3-27-21(25)14-28-20-10-8-15-7-9-19(11-16(15)12-20)24-22(2,26)17-5-4-6-18(23)13-17/h4-6,8,10,12-13,19,24,26H,3,7,9,11,14H2,1-2H3/t19-,22+/m0/s1. The molecule has 5 nitrogen and oxygen atoms in total. The van der Waals surface area contributed by atoms with Crippen LogP contribution in [0.1, 0.15) is 37.0 Å². The zero-order valence-electron chi connectivity index (χ0n) is 16.2. The normalized spacial score (nSPS) is 18.1. The molecular weight excluding hydrogens is 378 g/mol. The smallest absolute Gasteiger partial charge is 0.344 e. The molecule has 0 radical (unpaired) electrons. The van der Waals surface area contributed by atoms with E-state index in [9.17, 15) is 9.90 Å². The third-order valence-electron chi connectivity index (χ3n) is 4.94. The van der Waals surface area contributed by atoms with Crippen LogP contribution in [0.2, 0.25) is 5.02 Å². The van der Waals surface area contributed by atoms with Crippen molar-refractivity contribution >= 4 is 17.6 Å². The quantitative estimate of drug-likeness (QED) is 0.546. The number of carbonyl (C=O) groups excluding carboxylic acids is 1. The van der Waals surface area contributed by atoms with Gasteiger partial charge in [0.25, 0.3) is 0 Å². The Kier molecular flexibility index (Phi) is 6.60. The predicted molar refractivity (Wildman–Crippen MR) is 109 cm³/mol. The van der Waals surface area contributed by atoms with Crippen LogP contribution < -0.4 is 10.1 Å². The van der Waals surface area contributed by atoms with E-state index in [-0.39, 0.29) is 18.6 Å². The summed E-state index contributed by atoms with van der Waals surface area (Å²) in [5, 5.41) is 14.9. The van der Waals surface area contributed by atoms with Gasteiger partial charge >= 0.3 is 5.97 Å². The summed E-state index contributed by atoms with van der Waals surface area (Å²) < 4.78 is 10.4. The summed E-state index contributed by atoms with van der Waals surface area (Å²) in [5.74, 6) is 0.270. The monoisotopic (exact) mass is 403 g/mol. The number of benzene rings is 2. The van der Waals surface area contributed by atoms with Gasteiger partial charge in [0.05, 0.1) is 6.61 Å². The summed E-state index contributed by atoms with van der Waals surface area (Å²) in [6.07, 6.45) is 2.60. The Labute approximate surface area is 170 Å². The Hall–Kier alpha value is -2.08. The summed E-state index contributed by atoms with van der Waals surface area (Å²) >= 11 is 6.06. The van der Waals surface area contributed by atoms with Crippen LogP contribution in [0.4, 0.5) is 0 Å². The Morgan fingerprint density at radius 2 is 2.11 bits per heavy atom. The lowest BCUT2D eigenvalue weighted by molar-refractivity contribution is -0.145. The Morgan fingerprint density at radius 1 is 1.29 bits per heavy atom. The van der Waals surface area contributed by atoms with Gasteiger partial charge in [-0.2, -0.15) is 0 Å². The molecule has 2 atom stereocenters. The first-order valence-electron chi connectivity index (χ1n) is 9.53. The van der Waals surface area contributed by atoms with Crippen LogP contribution in [0.15, 0.2) is 42.5 Å². The minimum Gasteiger partial charge on any atom is -0.482 e. The molecule has 2 aromatic carbocycles. The lowest BCUT2D eigenvalue weighted by Gasteiger charge is -2.34. The summed E-state index contributed by atoms with van der Waals surface area (Å²) in [5.41, 5.74) is 1.98. The molecule has 3 rings (SSSR count). The van der Waals surface area contributed by atoms with Gasteiger partial charge in [-0.25, -0.2) is 4.79 Å². The second-order valence-electron chi connectivity index (χ2n) is 7.19. The van der Waals surface area contributed by atoms with Crippen LogP contribution in [0.3, 0.4) is 0 Å².